The van der Waals surface area contributed by atoms with Gasteiger partial charge >= 0.3 is 5.97 Å². The molecular formula is C17H21NO4. The summed E-state index contributed by atoms with van der Waals surface area (Å²) >= 11 is 0. The number of esters is 1. The van der Waals surface area contributed by atoms with Crippen LogP contribution >= 0.6 is 0 Å². The molecule has 0 aliphatic rings. The van der Waals surface area contributed by atoms with Gasteiger partial charge in [-0.2, -0.15) is 0 Å². The van der Waals surface area contributed by atoms with E-state index in [1.807, 2.05) is 24.3 Å². The fraction of sp³-hybridized carbons (Fsp3) is 0.294. The molecule has 1 aromatic rings. The Labute approximate surface area is 130 Å². The highest BCUT2D eigenvalue weighted by Gasteiger charge is 2.06. The lowest BCUT2D eigenvalue weighted by atomic mass is 10.1. The van der Waals surface area contributed by atoms with Crippen molar-refractivity contribution in [2.24, 2.45) is 0 Å². The first-order valence-corrected chi connectivity index (χ1v) is 6.82. The predicted octanol–water partition coefficient (Wildman–Crippen LogP) is 2.38. The van der Waals surface area contributed by atoms with Crippen molar-refractivity contribution in [3.63, 3.8) is 0 Å². The van der Waals surface area contributed by atoms with Gasteiger partial charge in [-0.05, 0) is 37.6 Å². The third kappa shape index (κ3) is 5.44. The molecule has 5 nitrogen and oxygen atoms in total. The normalized spacial score (nSPS) is 11.8. The van der Waals surface area contributed by atoms with Gasteiger partial charge in [0, 0.05) is 23.9 Å². The van der Waals surface area contributed by atoms with Crippen LogP contribution in [0.15, 0.2) is 47.7 Å². The molecule has 0 aliphatic heterocycles. The zero-order chi connectivity index (χ0) is 16.5. The SMILES string of the molecule is COC(=O)/C=C/C(C(C)=O)=C(\C)NCc1ccc(OC)cc1. The number of benzene rings is 1. The molecule has 0 fully saturated rings. The Morgan fingerprint density at radius 1 is 1.09 bits per heavy atom. The summed E-state index contributed by atoms with van der Waals surface area (Å²) in [6.45, 7) is 3.82. The largest absolute Gasteiger partial charge is 0.497 e. The predicted molar refractivity (Wildman–Crippen MR) is 84.4 cm³/mol. The molecule has 0 saturated carbocycles. The van der Waals surface area contributed by atoms with Crippen LogP contribution in [0.5, 0.6) is 5.75 Å². The van der Waals surface area contributed by atoms with E-state index >= 15 is 0 Å². The number of rotatable bonds is 7. The molecule has 0 atom stereocenters. The third-order valence-corrected chi connectivity index (χ3v) is 3.09. The quantitative estimate of drug-likeness (QED) is 0.476. The van der Waals surface area contributed by atoms with Crippen molar-refractivity contribution in [1.29, 1.82) is 0 Å². The molecule has 0 amide bonds. The first-order chi connectivity index (χ1) is 10.5. The van der Waals surface area contributed by atoms with E-state index in [0.29, 0.717) is 17.8 Å². The molecule has 0 radical (unpaired) electrons. The molecule has 0 aliphatic carbocycles. The number of methoxy groups -OCH3 is 2. The molecule has 5 heteroatoms. The molecular weight excluding hydrogens is 282 g/mol. The average Bonchev–Trinajstić information content (AvgIpc) is 2.52. The van der Waals surface area contributed by atoms with Crippen LogP contribution in [0.25, 0.3) is 0 Å². The Bertz CT molecular complexity index is 585. The van der Waals surface area contributed by atoms with E-state index in [0.717, 1.165) is 11.3 Å². The second kappa shape index (κ2) is 8.67. The van der Waals surface area contributed by atoms with E-state index in [-0.39, 0.29) is 5.78 Å². The molecule has 0 heterocycles. The number of hydrogen-bond donors (Lipinski definition) is 1. The Kier molecular flexibility index (Phi) is 6.89. The van der Waals surface area contributed by atoms with Crippen LogP contribution < -0.4 is 10.1 Å². The zero-order valence-corrected chi connectivity index (χ0v) is 13.3. The first-order valence-electron chi connectivity index (χ1n) is 6.82. The minimum atomic E-state index is -0.498. The highest BCUT2D eigenvalue weighted by atomic mass is 16.5. The third-order valence-electron chi connectivity index (χ3n) is 3.09. The summed E-state index contributed by atoms with van der Waals surface area (Å²) < 4.78 is 9.62. The second-order valence-corrected chi connectivity index (χ2v) is 4.65. The van der Waals surface area contributed by atoms with E-state index in [1.165, 1.54) is 26.2 Å². The second-order valence-electron chi connectivity index (χ2n) is 4.65. The molecule has 0 spiro atoms. The summed E-state index contributed by atoms with van der Waals surface area (Å²) in [6, 6.07) is 7.63. The fourth-order valence-corrected chi connectivity index (χ4v) is 1.80. The van der Waals surface area contributed by atoms with Crippen LogP contribution in [0.1, 0.15) is 19.4 Å². The zero-order valence-electron chi connectivity index (χ0n) is 13.3. The van der Waals surface area contributed by atoms with Crippen molar-refractivity contribution in [3.8, 4) is 5.75 Å². The number of allylic oxidation sites excluding steroid dienone is 3. The van der Waals surface area contributed by atoms with Crippen molar-refractivity contribution in [3.05, 3.63) is 53.3 Å². The van der Waals surface area contributed by atoms with Crippen LogP contribution in [0.4, 0.5) is 0 Å². The Hall–Kier alpha value is -2.56. The lowest BCUT2D eigenvalue weighted by Crippen LogP contribution is -2.15. The van der Waals surface area contributed by atoms with Gasteiger partial charge in [0.05, 0.1) is 14.2 Å². The minimum Gasteiger partial charge on any atom is -0.497 e. The van der Waals surface area contributed by atoms with Gasteiger partial charge in [-0.3, -0.25) is 4.79 Å². The Morgan fingerprint density at radius 3 is 2.23 bits per heavy atom. The van der Waals surface area contributed by atoms with Gasteiger partial charge in [-0.1, -0.05) is 12.1 Å². The topological polar surface area (TPSA) is 64.6 Å². The molecule has 22 heavy (non-hydrogen) atoms. The van der Waals surface area contributed by atoms with E-state index in [2.05, 4.69) is 10.1 Å². The van der Waals surface area contributed by atoms with E-state index in [1.54, 1.807) is 14.0 Å². The number of hydrogen-bond acceptors (Lipinski definition) is 5. The van der Waals surface area contributed by atoms with Crippen molar-refractivity contribution in [1.82, 2.24) is 5.32 Å². The molecule has 0 bridgehead atoms. The number of carbonyl (C=O) groups is 2. The van der Waals surface area contributed by atoms with Crippen molar-refractivity contribution in [2.75, 3.05) is 14.2 Å². The van der Waals surface area contributed by atoms with Crippen molar-refractivity contribution in [2.45, 2.75) is 20.4 Å². The van der Waals surface area contributed by atoms with Crippen molar-refractivity contribution < 1.29 is 19.1 Å². The summed E-state index contributed by atoms with van der Waals surface area (Å²) in [4.78, 5) is 22.8. The van der Waals surface area contributed by atoms with Gasteiger partial charge in [0.2, 0.25) is 0 Å². The lowest BCUT2D eigenvalue weighted by molar-refractivity contribution is -0.134. The highest BCUT2D eigenvalue weighted by Crippen LogP contribution is 2.12. The molecule has 1 N–H and O–H groups in total. The van der Waals surface area contributed by atoms with E-state index in [4.69, 9.17) is 4.74 Å². The standard InChI is InChI=1S/C17H21NO4/c1-12(16(13(2)19)9-10-17(20)22-4)18-11-14-5-7-15(21-3)8-6-14/h5-10,18H,11H2,1-4H3/b10-9+,16-12-. The molecule has 1 aromatic carbocycles. The summed E-state index contributed by atoms with van der Waals surface area (Å²) in [5.41, 5.74) is 2.20. The van der Waals surface area contributed by atoms with Gasteiger partial charge in [-0.15, -0.1) is 0 Å². The smallest absolute Gasteiger partial charge is 0.330 e. The van der Waals surface area contributed by atoms with Gasteiger partial charge in [0.1, 0.15) is 5.75 Å². The van der Waals surface area contributed by atoms with Crippen LogP contribution in [-0.4, -0.2) is 26.0 Å². The van der Waals surface area contributed by atoms with Crippen molar-refractivity contribution >= 4 is 11.8 Å². The lowest BCUT2D eigenvalue weighted by Gasteiger charge is -2.10. The van der Waals surface area contributed by atoms with E-state index < -0.39 is 5.97 Å². The molecule has 0 unspecified atom stereocenters. The van der Waals surface area contributed by atoms with Gasteiger partial charge < -0.3 is 14.8 Å². The number of ketones is 1. The summed E-state index contributed by atoms with van der Waals surface area (Å²) in [6.07, 6.45) is 2.69. The maximum Gasteiger partial charge on any atom is 0.330 e. The number of carbonyl (C=O) groups excluding carboxylic acids is 2. The van der Waals surface area contributed by atoms with E-state index in [9.17, 15) is 9.59 Å². The summed E-state index contributed by atoms with van der Waals surface area (Å²) in [7, 11) is 2.91. The first kappa shape index (κ1) is 17.5. The summed E-state index contributed by atoms with van der Waals surface area (Å²) in [5.74, 6) is 0.169. The Morgan fingerprint density at radius 2 is 1.73 bits per heavy atom. The molecule has 0 saturated heterocycles. The minimum absolute atomic E-state index is 0.125. The number of Topliss-reactive ketones (excluding diaryl/α,β-unsaturated/α-hetero) is 1. The molecule has 118 valence electrons. The summed E-state index contributed by atoms with van der Waals surface area (Å²) in [5, 5.41) is 3.17. The van der Waals surface area contributed by atoms with Crippen LogP contribution in [0.2, 0.25) is 0 Å². The van der Waals surface area contributed by atoms with Gasteiger partial charge in [-0.25, -0.2) is 4.79 Å². The fourth-order valence-electron chi connectivity index (χ4n) is 1.80. The number of ether oxygens (including phenoxy) is 2. The highest BCUT2D eigenvalue weighted by molar-refractivity contribution is 5.98. The van der Waals surface area contributed by atoms with Crippen LogP contribution in [0, 0.1) is 0 Å². The maximum absolute atomic E-state index is 11.7. The van der Waals surface area contributed by atoms with Gasteiger partial charge in [0.25, 0.3) is 0 Å². The maximum atomic E-state index is 11.7. The average molecular weight is 303 g/mol. The monoisotopic (exact) mass is 303 g/mol. The van der Waals surface area contributed by atoms with Gasteiger partial charge in [0.15, 0.2) is 5.78 Å². The molecule has 1 rings (SSSR count). The Balaban J connectivity index is 2.79. The molecule has 0 aromatic heterocycles. The van der Waals surface area contributed by atoms with Crippen LogP contribution in [-0.2, 0) is 20.9 Å². The number of nitrogens with one attached hydrogen (secondary N) is 1. The van der Waals surface area contributed by atoms with Crippen LogP contribution in [0.3, 0.4) is 0 Å².